The van der Waals surface area contributed by atoms with Crippen LogP contribution in [0.3, 0.4) is 0 Å². The number of ether oxygens (including phenoxy) is 1. The molecule has 0 fully saturated rings. The Morgan fingerprint density at radius 1 is 1.09 bits per heavy atom. The molecule has 1 heterocycles. The number of carbonyl (C=O) groups excluding carboxylic acids is 2. The lowest BCUT2D eigenvalue weighted by atomic mass is 10.0. The minimum Gasteiger partial charge on any atom is -0.467 e. The van der Waals surface area contributed by atoms with Crippen molar-refractivity contribution in [3.63, 3.8) is 0 Å². The summed E-state index contributed by atoms with van der Waals surface area (Å²) in [7, 11) is -2.51. The second-order valence-corrected chi connectivity index (χ2v) is 11.1. The van der Waals surface area contributed by atoms with Crippen molar-refractivity contribution >= 4 is 42.3 Å². The third-order valence-electron chi connectivity index (χ3n) is 4.84. The summed E-state index contributed by atoms with van der Waals surface area (Å²) in [6.45, 7) is 6.96. The van der Waals surface area contributed by atoms with Crippen molar-refractivity contribution in [1.82, 2.24) is 15.4 Å². The Morgan fingerprint density at radius 3 is 2.32 bits per heavy atom. The number of fused-ring (bicyclic) bond motifs is 1. The van der Waals surface area contributed by atoms with Crippen LogP contribution in [0.25, 0.3) is 10.9 Å². The topological polar surface area (TPSA) is 119 Å². The number of benzene rings is 1. The van der Waals surface area contributed by atoms with Crippen molar-refractivity contribution in [2.75, 3.05) is 19.1 Å². The van der Waals surface area contributed by atoms with Crippen molar-refractivity contribution < 1.29 is 27.9 Å². The molecule has 0 aliphatic rings. The number of amides is 1. The van der Waals surface area contributed by atoms with E-state index in [-0.39, 0.29) is 18.6 Å². The summed E-state index contributed by atoms with van der Waals surface area (Å²) in [5.41, 5.74) is 1.81. The fraction of sp³-hybridized carbons (Fsp3) is 0.565. The number of rotatable bonds is 14. The predicted octanol–water partition coefficient (Wildman–Crippen LogP) is 4.04. The maximum absolute atomic E-state index is 13.4. The van der Waals surface area contributed by atoms with E-state index in [1.807, 2.05) is 36.7 Å². The zero-order chi connectivity index (χ0) is 25.3. The van der Waals surface area contributed by atoms with E-state index in [0.717, 1.165) is 16.5 Å². The van der Waals surface area contributed by atoms with E-state index in [1.165, 1.54) is 7.11 Å². The highest BCUT2D eigenvalue weighted by Crippen LogP contribution is 2.47. The number of methoxy groups -OCH3 is 1. The Hall–Kier alpha value is -1.84. The molecule has 3 N–H and O–H groups in total. The number of aromatic nitrogens is 1. The highest BCUT2D eigenvalue weighted by atomic mass is 32.2. The van der Waals surface area contributed by atoms with E-state index in [4.69, 9.17) is 13.8 Å². The molecule has 0 bridgehead atoms. The van der Waals surface area contributed by atoms with Crippen LogP contribution in [0, 0.1) is 0 Å². The van der Waals surface area contributed by atoms with Crippen LogP contribution in [0.15, 0.2) is 30.5 Å². The van der Waals surface area contributed by atoms with Gasteiger partial charge in [-0.3, -0.25) is 13.8 Å². The molecule has 11 heteroatoms. The van der Waals surface area contributed by atoms with E-state index >= 15 is 0 Å². The van der Waals surface area contributed by atoms with Crippen molar-refractivity contribution in [2.45, 2.75) is 64.8 Å². The summed E-state index contributed by atoms with van der Waals surface area (Å²) in [6, 6.07) is 5.89. The molecule has 2 rings (SSSR count). The maximum atomic E-state index is 13.4. The van der Waals surface area contributed by atoms with E-state index < -0.39 is 31.7 Å². The number of H-pyrrole nitrogens is 1. The van der Waals surface area contributed by atoms with E-state index in [1.54, 1.807) is 39.5 Å². The zero-order valence-corrected chi connectivity index (χ0v) is 22.3. The molecule has 0 aliphatic carbocycles. The second kappa shape index (κ2) is 13.3. The van der Waals surface area contributed by atoms with Gasteiger partial charge < -0.3 is 15.0 Å². The van der Waals surface area contributed by atoms with Crippen LogP contribution < -0.4 is 10.4 Å². The first-order valence-electron chi connectivity index (χ1n) is 11.2. The van der Waals surface area contributed by atoms with E-state index in [2.05, 4.69) is 15.4 Å². The molecule has 0 spiro atoms. The second-order valence-electron chi connectivity index (χ2n) is 8.42. The minimum atomic E-state index is -3.79. The maximum Gasteiger partial charge on any atom is 0.406 e. The summed E-state index contributed by atoms with van der Waals surface area (Å²) >= 11 is 1.55. The van der Waals surface area contributed by atoms with Crippen LogP contribution in [-0.2, 0) is 34.4 Å². The van der Waals surface area contributed by atoms with E-state index in [0.29, 0.717) is 12.2 Å². The molecule has 1 amide bonds. The Morgan fingerprint density at radius 2 is 1.74 bits per heavy atom. The predicted molar refractivity (Wildman–Crippen MR) is 136 cm³/mol. The summed E-state index contributed by atoms with van der Waals surface area (Å²) in [6.07, 6.45) is 3.56. The first-order valence-corrected chi connectivity index (χ1v) is 14.2. The molecule has 34 heavy (non-hydrogen) atoms. The molecule has 2 aromatic rings. The SMILES string of the molecule is COC(=O)[C@H](Cc1c[nH]c2ccccc12)NC(=O)[C@H](CCSC)NP(=O)(OC(C)C)OC(C)C. The number of carbonyl (C=O) groups is 2. The van der Waals surface area contributed by atoms with Crippen LogP contribution in [-0.4, -0.2) is 60.3 Å². The average Bonchev–Trinajstić information content (AvgIpc) is 3.17. The van der Waals surface area contributed by atoms with Crippen LogP contribution in [0.1, 0.15) is 39.7 Å². The van der Waals surface area contributed by atoms with Gasteiger partial charge in [-0.25, -0.2) is 14.4 Å². The number of hydrogen-bond acceptors (Lipinski definition) is 7. The largest absolute Gasteiger partial charge is 0.467 e. The zero-order valence-electron chi connectivity index (χ0n) is 20.6. The molecule has 2 atom stereocenters. The van der Waals surface area contributed by atoms with Crippen molar-refractivity contribution in [3.8, 4) is 0 Å². The van der Waals surface area contributed by atoms with Gasteiger partial charge in [0.1, 0.15) is 6.04 Å². The summed E-state index contributed by atoms with van der Waals surface area (Å²) in [5, 5.41) is 6.54. The fourth-order valence-electron chi connectivity index (χ4n) is 3.45. The quantitative estimate of drug-likeness (QED) is 0.256. The number of hydrogen-bond donors (Lipinski definition) is 3. The molecule has 190 valence electrons. The monoisotopic (exact) mass is 513 g/mol. The summed E-state index contributed by atoms with van der Waals surface area (Å²) < 4.78 is 29.4. The van der Waals surface area contributed by atoms with Crippen LogP contribution in [0.4, 0.5) is 0 Å². The highest BCUT2D eigenvalue weighted by molar-refractivity contribution is 7.98. The fourth-order valence-corrected chi connectivity index (χ4v) is 5.83. The smallest absolute Gasteiger partial charge is 0.406 e. The van der Waals surface area contributed by atoms with Crippen LogP contribution in [0.5, 0.6) is 0 Å². The molecular weight excluding hydrogens is 477 g/mol. The van der Waals surface area contributed by atoms with Gasteiger partial charge in [0.05, 0.1) is 25.4 Å². The number of thioether (sulfide) groups is 1. The third-order valence-corrected chi connectivity index (χ3v) is 7.51. The van der Waals surface area contributed by atoms with Gasteiger partial charge in [0.15, 0.2) is 0 Å². The molecule has 0 radical (unpaired) electrons. The van der Waals surface area contributed by atoms with Gasteiger partial charge in [-0.2, -0.15) is 11.8 Å². The van der Waals surface area contributed by atoms with Crippen molar-refractivity contribution in [1.29, 1.82) is 0 Å². The highest BCUT2D eigenvalue weighted by Gasteiger charge is 2.35. The Labute approximate surface area is 205 Å². The standard InChI is InChI=1S/C23H36N3O6PS/c1-15(2)31-33(29,32-16(3)4)26-20(11-12-34-6)22(27)25-21(23(28)30-5)13-17-14-24-19-10-8-7-9-18(17)19/h7-10,14-16,20-21,24H,11-13H2,1-6H3,(H,25,27)(H,26,29)/t20-,21-/m0/s1. The molecule has 0 aliphatic heterocycles. The molecule has 0 saturated carbocycles. The van der Waals surface area contributed by atoms with Crippen LogP contribution in [0.2, 0.25) is 0 Å². The minimum absolute atomic E-state index is 0.236. The number of nitrogens with one attached hydrogen (secondary N) is 3. The normalized spacial score (nSPS) is 13.9. The van der Waals surface area contributed by atoms with Gasteiger partial charge in [0, 0.05) is 23.5 Å². The van der Waals surface area contributed by atoms with Gasteiger partial charge in [0.2, 0.25) is 5.91 Å². The van der Waals surface area contributed by atoms with Crippen molar-refractivity contribution in [2.24, 2.45) is 0 Å². The van der Waals surface area contributed by atoms with Gasteiger partial charge in [-0.15, -0.1) is 0 Å². The molecular formula is C23H36N3O6PS. The average molecular weight is 514 g/mol. The number of esters is 1. The molecule has 0 unspecified atom stereocenters. The first kappa shape index (κ1) is 28.4. The number of para-hydroxylation sites is 1. The van der Waals surface area contributed by atoms with Gasteiger partial charge in [-0.05, 0) is 57.8 Å². The van der Waals surface area contributed by atoms with Gasteiger partial charge in [0.25, 0.3) is 0 Å². The molecule has 1 aromatic heterocycles. The number of aromatic amines is 1. The van der Waals surface area contributed by atoms with Crippen molar-refractivity contribution in [3.05, 3.63) is 36.0 Å². The van der Waals surface area contributed by atoms with E-state index in [9.17, 15) is 14.2 Å². The lowest BCUT2D eigenvalue weighted by Gasteiger charge is -2.28. The summed E-state index contributed by atoms with van der Waals surface area (Å²) in [5.74, 6) is -0.425. The van der Waals surface area contributed by atoms with Gasteiger partial charge in [-0.1, -0.05) is 18.2 Å². The Kier molecular flexibility index (Phi) is 11.1. The molecule has 9 nitrogen and oxygen atoms in total. The summed E-state index contributed by atoms with van der Waals surface area (Å²) in [4.78, 5) is 29.0. The Balaban J connectivity index is 2.25. The lowest BCUT2D eigenvalue weighted by molar-refractivity contribution is -0.145. The first-order chi connectivity index (χ1) is 16.1. The third kappa shape index (κ3) is 8.43. The molecule has 1 aromatic carbocycles. The molecule has 0 saturated heterocycles. The van der Waals surface area contributed by atoms with Crippen LogP contribution >= 0.6 is 19.5 Å². The Bertz CT molecular complexity index is 982. The van der Waals surface area contributed by atoms with Gasteiger partial charge >= 0.3 is 13.7 Å². The lowest BCUT2D eigenvalue weighted by Crippen LogP contribution is -2.51.